The maximum Gasteiger partial charge on any atom is 0.407 e. The molecule has 0 aromatic heterocycles. The second-order valence-corrected chi connectivity index (χ2v) is 4.52. The van der Waals surface area contributed by atoms with Gasteiger partial charge in [-0.3, -0.25) is 0 Å². The van der Waals surface area contributed by atoms with Crippen LogP contribution in [0.2, 0.25) is 0 Å². The van der Waals surface area contributed by atoms with E-state index in [0.717, 1.165) is 6.42 Å². The van der Waals surface area contributed by atoms with Crippen LogP contribution in [0.15, 0.2) is 0 Å². The third-order valence-corrected chi connectivity index (χ3v) is 1.78. The monoisotopic (exact) mass is 202 g/mol. The van der Waals surface area contributed by atoms with Crippen molar-refractivity contribution in [2.45, 2.75) is 58.7 Å². The molecule has 0 aliphatic carbocycles. The molecule has 0 aromatic rings. The van der Waals surface area contributed by atoms with E-state index < -0.39 is 11.7 Å². The molecule has 0 spiro atoms. The SMILES string of the molecule is CCC(NC(=O)OC(C)(C)C)C(C)N. The van der Waals surface area contributed by atoms with Gasteiger partial charge in [0.15, 0.2) is 0 Å². The van der Waals surface area contributed by atoms with Crippen molar-refractivity contribution in [3.05, 3.63) is 0 Å². The molecule has 0 aliphatic rings. The largest absolute Gasteiger partial charge is 0.444 e. The number of amides is 1. The van der Waals surface area contributed by atoms with Crippen LogP contribution in [0.4, 0.5) is 4.79 Å². The molecule has 0 saturated heterocycles. The van der Waals surface area contributed by atoms with E-state index in [0.29, 0.717) is 0 Å². The summed E-state index contributed by atoms with van der Waals surface area (Å²) in [5, 5.41) is 2.74. The number of rotatable bonds is 3. The molecule has 4 nitrogen and oxygen atoms in total. The molecule has 0 rings (SSSR count). The average Bonchev–Trinajstić information content (AvgIpc) is 1.96. The molecular weight excluding hydrogens is 180 g/mol. The maximum atomic E-state index is 11.3. The zero-order chi connectivity index (χ0) is 11.4. The maximum absolute atomic E-state index is 11.3. The smallest absolute Gasteiger partial charge is 0.407 e. The Morgan fingerprint density at radius 1 is 1.50 bits per heavy atom. The standard InChI is InChI=1S/C10H22N2O2/c1-6-8(7(2)11)12-9(13)14-10(3,4)5/h7-8H,6,11H2,1-5H3,(H,12,13). The molecule has 3 N–H and O–H groups in total. The molecule has 1 amide bonds. The molecule has 0 heterocycles. The molecule has 0 fully saturated rings. The lowest BCUT2D eigenvalue weighted by Crippen LogP contribution is -2.47. The summed E-state index contributed by atoms with van der Waals surface area (Å²) in [4.78, 5) is 11.3. The van der Waals surface area contributed by atoms with E-state index in [4.69, 9.17) is 10.5 Å². The number of carbonyl (C=O) groups excluding carboxylic acids is 1. The molecule has 2 atom stereocenters. The fourth-order valence-electron chi connectivity index (χ4n) is 1.06. The predicted molar refractivity (Wildman–Crippen MR) is 57.1 cm³/mol. The first-order valence-electron chi connectivity index (χ1n) is 5.01. The van der Waals surface area contributed by atoms with Crippen LogP contribution in [0.5, 0.6) is 0 Å². The van der Waals surface area contributed by atoms with E-state index in [-0.39, 0.29) is 12.1 Å². The van der Waals surface area contributed by atoms with E-state index in [9.17, 15) is 4.79 Å². The van der Waals surface area contributed by atoms with Gasteiger partial charge in [-0.2, -0.15) is 0 Å². The summed E-state index contributed by atoms with van der Waals surface area (Å²) in [6, 6.07) is -0.0858. The highest BCUT2D eigenvalue weighted by Gasteiger charge is 2.20. The summed E-state index contributed by atoms with van der Waals surface area (Å²) < 4.78 is 5.11. The van der Waals surface area contributed by atoms with Gasteiger partial charge >= 0.3 is 6.09 Å². The van der Waals surface area contributed by atoms with Crippen LogP contribution in [0.1, 0.15) is 41.0 Å². The summed E-state index contributed by atoms with van der Waals surface area (Å²) >= 11 is 0. The third-order valence-electron chi connectivity index (χ3n) is 1.78. The van der Waals surface area contributed by atoms with Gasteiger partial charge in [-0.25, -0.2) is 4.79 Å². The number of nitrogens with two attached hydrogens (primary N) is 1. The minimum Gasteiger partial charge on any atom is -0.444 e. The van der Waals surface area contributed by atoms with Gasteiger partial charge in [-0.05, 0) is 34.1 Å². The van der Waals surface area contributed by atoms with Crippen LogP contribution in [0, 0.1) is 0 Å². The van der Waals surface area contributed by atoms with Crippen LogP contribution in [-0.4, -0.2) is 23.8 Å². The van der Waals surface area contributed by atoms with Crippen molar-refractivity contribution in [3.8, 4) is 0 Å². The normalized spacial score (nSPS) is 15.9. The Morgan fingerprint density at radius 2 is 2.00 bits per heavy atom. The van der Waals surface area contributed by atoms with E-state index in [1.54, 1.807) is 0 Å². The molecule has 4 heteroatoms. The van der Waals surface area contributed by atoms with E-state index in [1.165, 1.54) is 0 Å². The van der Waals surface area contributed by atoms with Crippen molar-refractivity contribution < 1.29 is 9.53 Å². The van der Waals surface area contributed by atoms with E-state index in [2.05, 4.69) is 5.32 Å². The van der Waals surface area contributed by atoms with Gasteiger partial charge in [-0.1, -0.05) is 6.92 Å². The van der Waals surface area contributed by atoms with Gasteiger partial charge < -0.3 is 15.8 Å². The predicted octanol–water partition coefficient (Wildman–Crippen LogP) is 1.64. The van der Waals surface area contributed by atoms with Crippen molar-refractivity contribution in [2.75, 3.05) is 0 Å². The summed E-state index contributed by atoms with van der Waals surface area (Å²) in [6.45, 7) is 9.34. The topological polar surface area (TPSA) is 64.3 Å². The first kappa shape index (κ1) is 13.2. The Labute approximate surface area is 86.2 Å². The molecule has 0 bridgehead atoms. The Balaban J connectivity index is 4.04. The van der Waals surface area contributed by atoms with Crippen LogP contribution < -0.4 is 11.1 Å². The van der Waals surface area contributed by atoms with Gasteiger partial charge in [0.1, 0.15) is 5.60 Å². The van der Waals surface area contributed by atoms with E-state index in [1.807, 2.05) is 34.6 Å². The lowest BCUT2D eigenvalue weighted by Gasteiger charge is -2.24. The lowest BCUT2D eigenvalue weighted by atomic mass is 10.1. The van der Waals surface area contributed by atoms with Gasteiger partial charge in [0.05, 0.1) is 0 Å². The van der Waals surface area contributed by atoms with Crippen molar-refractivity contribution in [1.82, 2.24) is 5.32 Å². The molecule has 14 heavy (non-hydrogen) atoms. The second kappa shape index (κ2) is 5.20. The van der Waals surface area contributed by atoms with Crippen molar-refractivity contribution in [3.63, 3.8) is 0 Å². The van der Waals surface area contributed by atoms with Gasteiger partial charge in [-0.15, -0.1) is 0 Å². The van der Waals surface area contributed by atoms with Gasteiger partial charge in [0.25, 0.3) is 0 Å². The number of ether oxygens (including phenoxy) is 1. The summed E-state index contributed by atoms with van der Waals surface area (Å²) in [5.74, 6) is 0. The molecular formula is C10H22N2O2. The number of alkyl carbamates (subject to hydrolysis) is 1. The molecule has 2 unspecified atom stereocenters. The summed E-state index contributed by atoms with van der Waals surface area (Å²) in [5.41, 5.74) is 5.23. The van der Waals surface area contributed by atoms with Crippen molar-refractivity contribution in [2.24, 2.45) is 5.73 Å². The van der Waals surface area contributed by atoms with Gasteiger partial charge in [0, 0.05) is 12.1 Å². The first-order valence-corrected chi connectivity index (χ1v) is 5.01. The Kier molecular flexibility index (Phi) is 4.91. The zero-order valence-electron chi connectivity index (χ0n) is 9.76. The highest BCUT2D eigenvalue weighted by atomic mass is 16.6. The molecule has 0 aliphatic heterocycles. The minimum atomic E-state index is -0.458. The number of nitrogens with one attached hydrogen (secondary N) is 1. The lowest BCUT2D eigenvalue weighted by molar-refractivity contribution is 0.0496. The number of hydrogen-bond donors (Lipinski definition) is 2. The fourth-order valence-corrected chi connectivity index (χ4v) is 1.06. The Hall–Kier alpha value is -0.770. The summed E-state index contributed by atoms with van der Waals surface area (Å²) in [6.07, 6.45) is 0.401. The molecule has 0 saturated carbocycles. The highest BCUT2D eigenvalue weighted by Crippen LogP contribution is 2.07. The summed E-state index contributed by atoms with van der Waals surface area (Å²) in [7, 11) is 0. The van der Waals surface area contributed by atoms with Crippen molar-refractivity contribution >= 4 is 6.09 Å². The minimum absolute atomic E-state index is 0.0233. The van der Waals surface area contributed by atoms with Gasteiger partial charge in [0.2, 0.25) is 0 Å². The van der Waals surface area contributed by atoms with Crippen molar-refractivity contribution in [1.29, 1.82) is 0 Å². The molecule has 0 radical (unpaired) electrons. The third kappa shape index (κ3) is 5.80. The average molecular weight is 202 g/mol. The van der Waals surface area contributed by atoms with Crippen LogP contribution >= 0.6 is 0 Å². The molecule has 0 aromatic carbocycles. The van der Waals surface area contributed by atoms with Crippen LogP contribution in [0.25, 0.3) is 0 Å². The molecule has 84 valence electrons. The fraction of sp³-hybridized carbons (Fsp3) is 0.900. The number of hydrogen-bond acceptors (Lipinski definition) is 3. The van der Waals surface area contributed by atoms with Crippen LogP contribution in [0.3, 0.4) is 0 Å². The number of carbonyl (C=O) groups is 1. The quantitative estimate of drug-likeness (QED) is 0.731. The highest BCUT2D eigenvalue weighted by molar-refractivity contribution is 5.68. The van der Waals surface area contributed by atoms with Crippen LogP contribution in [-0.2, 0) is 4.74 Å². The first-order chi connectivity index (χ1) is 6.26. The second-order valence-electron chi connectivity index (χ2n) is 4.52. The Morgan fingerprint density at radius 3 is 2.29 bits per heavy atom. The zero-order valence-corrected chi connectivity index (χ0v) is 9.76. The Bertz CT molecular complexity index is 185. The van der Waals surface area contributed by atoms with E-state index >= 15 is 0 Å².